The number of carboxylic acids is 1. The third kappa shape index (κ3) is 2.59. The van der Waals surface area contributed by atoms with E-state index in [1.165, 1.54) is 17.1 Å². The molecule has 0 saturated carbocycles. The Morgan fingerprint density at radius 2 is 2.11 bits per heavy atom. The normalized spacial score (nSPS) is 12.5. The van der Waals surface area contributed by atoms with Crippen molar-refractivity contribution in [2.24, 2.45) is 0 Å². The minimum atomic E-state index is -1.28. The molecular formula is C19H17N5O4. The summed E-state index contributed by atoms with van der Waals surface area (Å²) in [6, 6.07) is 5.35. The van der Waals surface area contributed by atoms with Crippen molar-refractivity contribution in [3.8, 4) is 0 Å². The summed E-state index contributed by atoms with van der Waals surface area (Å²) in [7, 11) is 0. The largest absolute Gasteiger partial charge is 0.480 e. The van der Waals surface area contributed by atoms with Gasteiger partial charge in [0.25, 0.3) is 5.56 Å². The van der Waals surface area contributed by atoms with Gasteiger partial charge in [-0.05, 0) is 25.5 Å². The van der Waals surface area contributed by atoms with Crippen LogP contribution in [0.3, 0.4) is 0 Å². The molecule has 4 rings (SSSR count). The molecule has 0 amide bonds. The maximum Gasteiger partial charge on any atom is 0.333 e. The summed E-state index contributed by atoms with van der Waals surface area (Å²) in [5.41, 5.74) is 1.52. The zero-order chi connectivity index (χ0) is 20.0. The van der Waals surface area contributed by atoms with Crippen molar-refractivity contribution in [2.45, 2.75) is 26.4 Å². The van der Waals surface area contributed by atoms with Crippen LogP contribution < -0.4 is 11.2 Å². The van der Waals surface area contributed by atoms with Crippen LogP contribution >= 0.6 is 0 Å². The SMILES string of the molecule is Cc1cccc2[nH]cc(C(C)n3c(=O)n(CC(=O)O)c(=O)c4cncnc43)c12. The monoisotopic (exact) mass is 379 g/mol. The highest BCUT2D eigenvalue weighted by molar-refractivity contribution is 5.87. The van der Waals surface area contributed by atoms with Gasteiger partial charge in [0.1, 0.15) is 18.3 Å². The van der Waals surface area contributed by atoms with Crippen molar-refractivity contribution in [3.63, 3.8) is 0 Å². The van der Waals surface area contributed by atoms with Crippen LogP contribution in [0.4, 0.5) is 0 Å². The summed E-state index contributed by atoms with van der Waals surface area (Å²) in [6.45, 7) is 3.05. The number of H-pyrrole nitrogens is 1. The number of carboxylic acid groups (broad SMARTS) is 1. The van der Waals surface area contributed by atoms with Crippen molar-refractivity contribution < 1.29 is 9.90 Å². The first-order valence-electron chi connectivity index (χ1n) is 8.63. The van der Waals surface area contributed by atoms with E-state index in [0.29, 0.717) is 4.57 Å². The molecule has 3 heterocycles. The fraction of sp³-hybridized carbons (Fsp3) is 0.211. The van der Waals surface area contributed by atoms with Gasteiger partial charge in [0.05, 0.1) is 6.04 Å². The number of rotatable bonds is 4. The molecular weight excluding hydrogens is 362 g/mol. The molecule has 1 atom stereocenters. The molecule has 0 bridgehead atoms. The lowest BCUT2D eigenvalue weighted by molar-refractivity contribution is -0.137. The second-order valence-electron chi connectivity index (χ2n) is 6.62. The van der Waals surface area contributed by atoms with Gasteiger partial charge in [-0.2, -0.15) is 0 Å². The Morgan fingerprint density at radius 3 is 2.86 bits per heavy atom. The summed E-state index contributed by atoms with van der Waals surface area (Å²) in [6.07, 6.45) is 4.37. The average Bonchev–Trinajstić information content (AvgIpc) is 3.10. The zero-order valence-electron chi connectivity index (χ0n) is 15.2. The lowest BCUT2D eigenvalue weighted by atomic mass is 10.0. The van der Waals surface area contributed by atoms with Crippen LogP contribution in [0.2, 0.25) is 0 Å². The van der Waals surface area contributed by atoms with E-state index in [0.717, 1.165) is 22.0 Å². The summed E-state index contributed by atoms with van der Waals surface area (Å²) in [4.78, 5) is 48.1. The van der Waals surface area contributed by atoms with E-state index in [2.05, 4.69) is 15.0 Å². The molecule has 4 aromatic rings. The highest BCUT2D eigenvalue weighted by Crippen LogP contribution is 2.29. The number of aromatic amines is 1. The Bertz CT molecular complexity index is 1350. The minimum absolute atomic E-state index is 0.0896. The molecule has 3 aromatic heterocycles. The number of fused-ring (bicyclic) bond motifs is 2. The van der Waals surface area contributed by atoms with E-state index in [9.17, 15) is 14.4 Å². The molecule has 1 aromatic carbocycles. The number of aliphatic carboxylic acids is 1. The van der Waals surface area contributed by atoms with E-state index >= 15 is 0 Å². The lowest BCUT2D eigenvalue weighted by Gasteiger charge is -2.18. The first kappa shape index (κ1) is 17.7. The van der Waals surface area contributed by atoms with Crippen LogP contribution in [0.5, 0.6) is 0 Å². The summed E-state index contributed by atoms with van der Waals surface area (Å²) >= 11 is 0. The number of nitrogens with zero attached hydrogens (tertiary/aromatic N) is 4. The van der Waals surface area contributed by atoms with Gasteiger partial charge >= 0.3 is 11.7 Å². The highest BCUT2D eigenvalue weighted by Gasteiger charge is 2.22. The molecule has 0 saturated heterocycles. The second-order valence-corrected chi connectivity index (χ2v) is 6.62. The van der Waals surface area contributed by atoms with Crippen molar-refractivity contribution >= 4 is 27.9 Å². The molecule has 0 aliphatic carbocycles. The van der Waals surface area contributed by atoms with Gasteiger partial charge in [0.2, 0.25) is 0 Å². The minimum Gasteiger partial charge on any atom is -0.480 e. The molecule has 1 unspecified atom stereocenters. The number of benzene rings is 1. The second kappa shape index (κ2) is 6.45. The fourth-order valence-corrected chi connectivity index (χ4v) is 3.61. The van der Waals surface area contributed by atoms with E-state index in [4.69, 9.17) is 5.11 Å². The molecule has 0 fully saturated rings. The van der Waals surface area contributed by atoms with Gasteiger partial charge in [-0.15, -0.1) is 0 Å². The maximum atomic E-state index is 13.1. The number of hydrogen-bond donors (Lipinski definition) is 2. The van der Waals surface area contributed by atoms with Crippen molar-refractivity contribution in [3.05, 3.63) is 68.9 Å². The van der Waals surface area contributed by atoms with Gasteiger partial charge in [0, 0.05) is 28.9 Å². The van der Waals surface area contributed by atoms with Gasteiger partial charge in [-0.25, -0.2) is 19.3 Å². The van der Waals surface area contributed by atoms with Crippen molar-refractivity contribution in [1.29, 1.82) is 0 Å². The number of carbonyl (C=O) groups is 1. The molecule has 142 valence electrons. The van der Waals surface area contributed by atoms with Gasteiger partial charge < -0.3 is 10.1 Å². The molecule has 2 N–H and O–H groups in total. The topological polar surface area (TPSA) is 123 Å². The van der Waals surface area contributed by atoms with Crippen LogP contribution in [0.25, 0.3) is 21.9 Å². The average molecular weight is 379 g/mol. The van der Waals surface area contributed by atoms with E-state index in [-0.39, 0.29) is 11.0 Å². The molecule has 0 aliphatic rings. The van der Waals surface area contributed by atoms with Crippen molar-refractivity contribution in [1.82, 2.24) is 24.1 Å². The number of nitrogens with one attached hydrogen (secondary N) is 1. The molecule has 9 heteroatoms. The molecule has 0 radical (unpaired) electrons. The molecule has 28 heavy (non-hydrogen) atoms. The summed E-state index contributed by atoms with van der Waals surface area (Å²) < 4.78 is 2.04. The zero-order valence-corrected chi connectivity index (χ0v) is 15.2. The Labute approximate surface area is 157 Å². The van der Waals surface area contributed by atoms with Crippen LogP contribution in [-0.4, -0.2) is 35.2 Å². The summed E-state index contributed by atoms with van der Waals surface area (Å²) in [5.74, 6) is -1.28. The number of hydrogen-bond acceptors (Lipinski definition) is 5. The predicted octanol–water partition coefficient (Wildman–Crippen LogP) is 1.44. The third-order valence-corrected chi connectivity index (χ3v) is 4.91. The fourth-order valence-electron chi connectivity index (χ4n) is 3.61. The van der Waals surface area contributed by atoms with Crippen LogP contribution in [0.1, 0.15) is 24.1 Å². The van der Waals surface area contributed by atoms with Crippen LogP contribution in [-0.2, 0) is 11.3 Å². The Morgan fingerprint density at radius 1 is 1.32 bits per heavy atom. The van der Waals surface area contributed by atoms with E-state index in [1.54, 1.807) is 0 Å². The molecule has 0 aliphatic heterocycles. The van der Waals surface area contributed by atoms with E-state index < -0.39 is 29.8 Å². The maximum absolute atomic E-state index is 13.1. The van der Waals surface area contributed by atoms with E-state index in [1.807, 2.05) is 38.2 Å². The lowest BCUT2D eigenvalue weighted by Crippen LogP contribution is -2.43. The number of aryl methyl sites for hydroxylation is 1. The summed E-state index contributed by atoms with van der Waals surface area (Å²) in [5, 5.41) is 10.2. The standard InChI is InChI=1S/C19H17N5O4/c1-10-4-3-5-14-16(10)12(7-21-14)11(2)24-17-13(6-20-9-22-17)18(27)23(19(24)28)8-15(25)26/h3-7,9,11,21H,8H2,1-2H3,(H,25,26). The van der Waals surface area contributed by atoms with Gasteiger partial charge in [0.15, 0.2) is 5.65 Å². The smallest absolute Gasteiger partial charge is 0.333 e. The van der Waals surface area contributed by atoms with Crippen molar-refractivity contribution in [2.75, 3.05) is 0 Å². The van der Waals surface area contributed by atoms with Gasteiger partial charge in [-0.1, -0.05) is 12.1 Å². The first-order chi connectivity index (χ1) is 13.4. The predicted molar refractivity (Wildman–Crippen MR) is 103 cm³/mol. The number of aromatic nitrogens is 5. The van der Waals surface area contributed by atoms with Gasteiger partial charge in [-0.3, -0.25) is 14.2 Å². The highest BCUT2D eigenvalue weighted by atomic mass is 16.4. The quantitative estimate of drug-likeness (QED) is 0.553. The third-order valence-electron chi connectivity index (χ3n) is 4.91. The van der Waals surface area contributed by atoms with Crippen LogP contribution in [0.15, 0.2) is 46.5 Å². The Balaban J connectivity index is 2.06. The first-order valence-corrected chi connectivity index (χ1v) is 8.63. The molecule has 9 nitrogen and oxygen atoms in total. The molecule has 0 spiro atoms. The Hall–Kier alpha value is -3.75. The van der Waals surface area contributed by atoms with Crippen LogP contribution in [0, 0.1) is 6.92 Å². The Kier molecular flexibility index (Phi) is 4.07.